The van der Waals surface area contributed by atoms with Crippen molar-refractivity contribution in [1.82, 2.24) is 0 Å². The Bertz CT molecular complexity index is 2590. The maximum absolute atomic E-state index is 2.53. The topological polar surface area (TPSA) is 0 Å². The van der Waals surface area contributed by atoms with E-state index in [1.165, 1.54) is 86.3 Å². The fourth-order valence-corrected chi connectivity index (χ4v) is 11.9. The van der Waals surface area contributed by atoms with Crippen molar-refractivity contribution in [1.29, 1.82) is 0 Å². The van der Waals surface area contributed by atoms with Gasteiger partial charge in [-0.3, -0.25) is 0 Å². The van der Waals surface area contributed by atoms with Gasteiger partial charge in [0.2, 0.25) is 0 Å². The number of fused-ring (bicyclic) bond motifs is 11. The van der Waals surface area contributed by atoms with Crippen LogP contribution in [0, 0.1) is 0 Å². The van der Waals surface area contributed by atoms with Crippen LogP contribution in [0.15, 0.2) is 169 Å². The molecule has 0 saturated heterocycles. The van der Waals surface area contributed by atoms with Crippen molar-refractivity contribution in [3.8, 4) is 33.4 Å². The van der Waals surface area contributed by atoms with E-state index in [9.17, 15) is 0 Å². The van der Waals surface area contributed by atoms with Crippen LogP contribution in [-0.4, -0.2) is 0 Å². The van der Waals surface area contributed by atoms with Gasteiger partial charge in [0.15, 0.2) is 0 Å². The van der Waals surface area contributed by atoms with Gasteiger partial charge in [0.25, 0.3) is 0 Å². The summed E-state index contributed by atoms with van der Waals surface area (Å²) in [5.74, 6) is 0. The smallest absolute Gasteiger partial charge is 0.0906 e. The van der Waals surface area contributed by atoms with Crippen molar-refractivity contribution in [2.45, 2.75) is 10.8 Å². The van der Waals surface area contributed by atoms with Crippen molar-refractivity contribution in [3.63, 3.8) is 0 Å². The standard InChI is InChI=1S/C46H28S2/c1-2-13-29(14-3-1)32-24-26-47-44(32)46(39-22-10-6-18-35(39)36-19-7-11-23-40(36)46)41-28-31-27-30-15-12-25-45(42(30)43(31)48-41)37-20-8-4-16-33(37)34-17-5-9-21-38(34)45/h1-28H. The minimum atomic E-state index is -0.428. The molecule has 0 unspecified atom stereocenters. The maximum atomic E-state index is 2.53. The predicted octanol–water partition coefficient (Wildman–Crippen LogP) is 10.2. The van der Waals surface area contributed by atoms with E-state index in [2.05, 4.69) is 169 Å². The summed E-state index contributed by atoms with van der Waals surface area (Å²) in [5, 5.41) is 3.62. The van der Waals surface area contributed by atoms with Crippen molar-refractivity contribution < 1.29 is 0 Å². The van der Waals surface area contributed by atoms with Crippen LogP contribution in [0.4, 0.5) is 0 Å². The highest BCUT2D eigenvalue weighted by molar-refractivity contribution is 7.12. The lowest BCUT2D eigenvalue weighted by atomic mass is 9.68. The van der Waals surface area contributed by atoms with E-state index in [4.69, 9.17) is 0 Å². The fourth-order valence-electron chi connectivity index (χ4n) is 9.20. The zero-order chi connectivity index (χ0) is 31.5. The van der Waals surface area contributed by atoms with Crippen LogP contribution in [0.2, 0.25) is 0 Å². The van der Waals surface area contributed by atoms with E-state index in [1.54, 1.807) is 0 Å². The van der Waals surface area contributed by atoms with Gasteiger partial charge in [-0.1, -0.05) is 146 Å². The fraction of sp³-hybridized carbons (Fsp3) is 0.0435. The number of hydrogen-bond acceptors (Lipinski definition) is 2. The second-order valence-corrected chi connectivity index (χ2v) is 15.1. The molecule has 0 aliphatic heterocycles. The second kappa shape index (κ2) is 9.64. The summed E-state index contributed by atoms with van der Waals surface area (Å²) in [6.07, 6.45) is 9.52. The molecule has 0 N–H and O–H groups in total. The third-order valence-electron chi connectivity index (χ3n) is 11.0. The molecule has 2 aromatic heterocycles. The first kappa shape index (κ1) is 26.8. The van der Waals surface area contributed by atoms with Gasteiger partial charge in [0.1, 0.15) is 0 Å². The summed E-state index contributed by atoms with van der Waals surface area (Å²) in [6.45, 7) is 0. The van der Waals surface area contributed by atoms with Crippen LogP contribution in [0.3, 0.4) is 0 Å². The summed E-state index contributed by atoms with van der Waals surface area (Å²) in [7, 11) is 0. The van der Waals surface area contributed by atoms with Gasteiger partial charge in [0, 0.05) is 14.3 Å². The molecule has 0 fully saturated rings. The molecular formula is C46H28S2. The number of hydrogen-bond donors (Lipinski definition) is 0. The lowest BCUT2D eigenvalue weighted by molar-refractivity contribution is 0.809. The molecule has 4 aliphatic rings. The minimum Gasteiger partial charge on any atom is -0.147 e. The van der Waals surface area contributed by atoms with E-state index in [0.29, 0.717) is 0 Å². The number of allylic oxidation sites excluding steroid dienone is 4. The molecule has 4 aliphatic carbocycles. The molecule has 7 aromatic rings. The van der Waals surface area contributed by atoms with Crippen molar-refractivity contribution >= 4 is 34.3 Å². The Morgan fingerprint density at radius 2 is 1.08 bits per heavy atom. The molecule has 0 atom stereocenters. The number of rotatable bonds is 3. The highest BCUT2D eigenvalue weighted by atomic mass is 32.1. The quantitative estimate of drug-likeness (QED) is 0.180. The van der Waals surface area contributed by atoms with Crippen molar-refractivity contribution in [2.24, 2.45) is 0 Å². The van der Waals surface area contributed by atoms with Gasteiger partial charge in [-0.2, -0.15) is 0 Å². The molecule has 0 radical (unpaired) electrons. The van der Waals surface area contributed by atoms with Gasteiger partial charge < -0.3 is 0 Å². The van der Waals surface area contributed by atoms with E-state index in [-0.39, 0.29) is 5.41 Å². The van der Waals surface area contributed by atoms with Crippen LogP contribution in [-0.2, 0) is 10.8 Å². The Labute approximate surface area is 287 Å². The monoisotopic (exact) mass is 644 g/mol. The molecule has 1 spiro atoms. The first-order valence-electron chi connectivity index (χ1n) is 16.6. The molecule has 48 heavy (non-hydrogen) atoms. The largest absolute Gasteiger partial charge is 0.147 e. The first-order valence-corrected chi connectivity index (χ1v) is 18.3. The highest BCUT2D eigenvalue weighted by Gasteiger charge is 2.51. The van der Waals surface area contributed by atoms with Crippen molar-refractivity contribution in [3.05, 3.63) is 210 Å². The van der Waals surface area contributed by atoms with Crippen LogP contribution in [0.5, 0.6) is 0 Å². The molecule has 5 aromatic carbocycles. The molecule has 224 valence electrons. The Morgan fingerprint density at radius 3 is 1.73 bits per heavy atom. The summed E-state index contributed by atoms with van der Waals surface area (Å²) in [5.41, 5.74) is 15.5. The van der Waals surface area contributed by atoms with Gasteiger partial charge in [-0.15, -0.1) is 22.7 Å². The Balaban J connectivity index is 1.26. The summed E-state index contributed by atoms with van der Waals surface area (Å²) in [4.78, 5) is 2.78. The van der Waals surface area contributed by atoms with Gasteiger partial charge in [-0.05, 0) is 95.6 Å². The summed E-state index contributed by atoms with van der Waals surface area (Å²) < 4.78 is 1.39. The van der Waals surface area contributed by atoms with E-state index < -0.39 is 5.41 Å². The first-order chi connectivity index (χ1) is 23.8. The zero-order valence-corrected chi connectivity index (χ0v) is 27.6. The minimum absolute atomic E-state index is 0.322. The van der Waals surface area contributed by atoms with E-state index in [1.807, 2.05) is 22.7 Å². The predicted molar refractivity (Wildman–Crippen MR) is 202 cm³/mol. The van der Waals surface area contributed by atoms with Crippen molar-refractivity contribution in [2.75, 3.05) is 0 Å². The third kappa shape index (κ3) is 3.20. The normalized spacial score (nSPS) is 16.4. The highest BCUT2D eigenvalue weighted by Crippen LogP contribution is 2.61. The Kier molecular flexibility index (Phi) is 5.37. The summed E-state index contributed by atoms with van der Waals surface area (Å²) >= 11 is 3.90. The maximum Gasteiger partial charge on any atom is 0.0906 e. The van der Waals surface area contributed by atoms with Crippen LogP contribution < -0.4 is 9.75 Å². The lowest BCUT2D eigenvalue weighted by Crippen LogP contribution is -2.31. The van der Waals surface area contributed by atoms with Gasteiger partial charge in [-0.25, -0.2) is 0 Å². The number of benzene rings is 5. The SMILES string of the molecule is C1=CC2(C3=c4sc(C5(c6sccc6-c6ccccc6)c6ccccc6-c6ccccc65)cc4=CC3=C1)c1ccccc1-c1ccccc12. The average molecular weight is 645 g/mol. The second-order valence-electron chi connectivity index (χ2n) is 13.2. The molecule has 0 amide bonds. The van der Waals surface area contributed by atoms with Gasteiger partial charge in [0.05, 0.1) is 10.8 Å². The molecule has 2 heteroatoms. The molecule has 0 saturated carbocycles. The molecule has 0 nitrogen and oxygen atoms in total. The third-order valence-corrected chi connectivity index (χ3v) is 13.3. The van der Waals surface area contributed by atoms with Crippen LogP contribution in [0.25, 0.3) is 45.0 Å². The van der Waals surface area contributed by atoms with E-state index >= 15 is 0 Å². The van der Waals surface area contributed by atoms with Gasteiger partial charge >= 0.3 is 0 Å². The summed E-state index contributed by atoms with van der Waals surface area (Å²) in [6, 6.07) is 52.1. The molecular weight excluding hydrogens is 617 g/mol. The molecule has 2 heterocycles. The number of thiophene rings is 2. The zero-order valence-electron chi connectivity index (χ0n) is 26.0. The Morgan fingerprint density at radius 1 is 0.521 bits per heavy atom. The van der Waals surface area contributed by atoms with E-state index in [0.717, 1.165) is 0 Å². The molecule has 11 rings (SSSR count). The lowest BCUT2D eigenvalue weighted by Gasteiger charge is -2.34. The Hall–Kier alpha value is -5.28. The molecule has 0 bridgehead atoms. The average Bonchev–Trinajstić information content (AvgIpc) is 3.96. The van der Waals surface area contributed by atoms with Crippen LogP contribution >= 0.6 is 22.7 Å². The van der Waals surface area contributed by atoms with Crippen LogP contribution in [0.1, 0.15) is 32.0 Å².